The van der Waals surface area contributed by atoms with Gasteiger partial charge in [0, 0.05) is 37.0 Å². The van der Waals surface area contributed by atoms with E-state index < -0.39 is 17.4 Å². The minimum absolute atomic E-state index is 0.0904. The number of piperidine rings is 1. The smallest absolute Gasteiger partial charge is 0.265 e. The Bertz CT molecular complexity index is 1530. The second kappa shape index (κ2) is 8.02. The highest BCUT2D eigenvalue weighted by atomic mass is 16.3. The second-order valence-electron chi connectivity index (χ2n) is 8.83. The van der Waals surface area contributed by atoms with Gasteiger partial charge in [-0.1, -0.05) is 6.07 Å². The van der Waals surface area contributed by atoms with Crippen molar-refractivity contribution in [2.75, 3.05) is 18.0 Å². The van der Waals surface area contributed by atoms with Crippen molar-refractivity contribution in [2.45, 2.75) is 25.7 Å². The lowest BCUT2D eigenvalue weighted by atomic mass is 9.94. The Morgan fingerprint density at radius 1 is 1.06 bits per heavy atom. The molecule has 9 nitrogen and oxygen atoms in total. The molecule has 3 heterocycles. The lowest BCUT2D eigenvalue weighted by Gasteiger charge is -2.34. The van der Waals surface area contributed by atoms with Crippen molar-refractivity contribution < 1.29 is 14.0 Å². The molecule has 174 valence electrons. The van der Waals surface area contributed by atoms with Crippen LogP contribution >= 0.6 is 0 Å². The minimum Gasteiger partial charge on any atom is -0.440 e. The highest BCUT2D eigenvalue weighted by Crippen LogP contribution is 2.36. The van der Waals surface area contributed by atoms with E-state index in [1.54, 1.807) is 25.2 Å². The molecule has 2 amide bonds. The van der Waals surface area contributed by atoms with Crippen LogP contribution in [0.1, 0.15) is 50.9 Å². The van der Waals surface area contributed by atoms with Gasteiger partial charge in [-0.05, 0) is 55.7 Å². The summed E-state index contributed by atoms with van der Waals surface area (Å²) in [4.78, 5) is 43.9. The average molecular weight is 460 g/mol. The monoisotopic (exact) mass is 459 g/mol. The van der Waals surface area contributed by atoms with Crippen LogP contribution < -0.4 is 21.9 Å². The molecule has 1 aliphatic heterocycles. The van der Waals surface area contributed by atoms with Gasteiger partial charge in [-0.15, -0.1) is 0 Å². The summed E-state index contributed by atoms with van der Waals surface area (Å²) in [6.45, 7) is 3.14. The molecular weight excluding hydrogens is 434 g/mol. The number of aromatic nitrogens is 2. The standard InChI is InChI=1S/C25H25N5O4/c1-13-3-6-19-17(11-13)28-24(34-19)14-7-9-30(10-8-14)21-16-12-15(22(26)31)4-5-18(16)29(2)25(33)20(21)23(27)32/h3-6,11-12,14H,7-10H2,1-2H3,(H2,26,31)(H2,27,32). The van der Waals surface area contributed by atoms with Gasteiger partial charge in [0.05, 0.1) is 11.2 Å². The number of rotatable bonds is 4. The van der Waals surface area contributed by atoms with Gasteiger partial charge < -0.3 is 25.4 Å². The zero-order valence-corrected chi connectivity index (χ0v) is 19.0. The predicted molar refractivity (Wildman–Crippen MR) is 129 cm³/mol. The molecular formula is C25H25N5O4. The van der Waals surface area contributed by atoms with E-state index in [2.05, 4.69) is 4.98 Å². The van der Waals surface area contributed by atoms with Gasteiger partial charge in [-0.2, -0.15) is 0 Å². The topological polar surface area (TPSA) is 137 Å². The van der Waals surface area contributed by atoms with Gasteiger partial charge in [0.15, 0.2) is 11.5 Å². The number of hydrogen-bond acceptors (Lipinski definition) is 6. The van der Waals surface area contributed by atoms with Crippen LogP contribution in [-0.4, -0.2) is 34.5 Å². The Kier molecular flexibility index (Phi) is 5.11. The van der Waals surface area contributed by atoms with E-state index in [4.69, 9.17) is 15.9 Å². The number of amides is 2. The summed E-state index contributed by atoms with van der Waals surface area (Å²) in [5, 5.41) is 0.586. The molecule has 0 aliphatic carbocycles. The van der Waals surface area contributed by atoms with Crippen LogP contribution in [0.5, 0.6) is 0 Å². The first-order valence-electron chi connectivity index (χ1n) is 11.1. The number of hydrogen-bond donors (Lipinski definition) is 2. The quantitative estimate of drug-likeness (QED) is 0.481. The van der Waals surface area contributed by atoms with Crippen LogP contribution in [-0.2, 0) is 7.05 Å². The fraction of sp³-hybridized carbons (Fsp3) is 0.280. The Morgan fingerprint density at radius 3 is 2.47 bits per heavy atom. The average Bonchev–Trinajstić information content (AvgIpc) is 3.24. The van der Waals surface area contributed by atoms with Crippen molar-refractivity contribution in [3.8, 4) is 0 Å². The zero-order valence-electron chi connectivity index (χ0n) is 19.0. The lowest BCUT2D eigenvalue weighted by Crippen LogP contribution is -2.38. The van der Waals surface area contributed by atoms with Crippen molar-refractivity contribution >= 4 is 39.5 Å². The number of fused-ring (bicyclic) bond motifs is 2. The number of anilines is 1. The molecule has 2 aromatic heterocycles. The third kappa shape index (κ3) is 3.49. The van der Waals surface area contributed by atoms with Gasteiger partial charge >= 0.3 is 0 Å². The van der Waals surface area contributed by atoms with Gasteiger partial charge in [-0.25, -0.2) is 4.98 Å². The van der Waals surface area contributed by atoms with E-state index in [1.165, 1.54) is 4.57 Å². The summed E-state index contributed by atoms with van der Waals surface area (Å²) in [5.41, 5.74) is 14.6. The van der Waals surface area contributed by atoms with E-state index in [1.807, 2.05) is 30.0 Å². The normalized spacial score (nSPS) is 14.7. The predicted octanol–water partition coefficient (Wildman–Crippen LogP) is 2.57. The third-order valence-corrected chi connectivity index (χ3v) is 6.62. The van der Waals surface area contributed by atoms with Gasteiger partial charge in [0.2, 0.25) is 5.91 Å². The number of pyridine rings is 1. The molecule has 34 heavy (non-hydrogen) atoms. The van der Waals surface area contributed by atoms with Crippen molar-refractivity contribution in [1.29, 1.82) is 0 Å². The largest absolute Gasteiger partial charge is 0.440 e. The number of aryl methyl sites for hydroxylation is 2. The maximum absolute atomic E-state index is 13.0. The molecule has 0 saturated carbocycles. The number of primary amides is 2. The molecule has 2 aromatic carbocycles. The van der Waals surface area contributed by atoms with Crippen LogP contribution in [0.15, 0.2) is 45.6 Å². The van der Waals surface area contributed by atoms with E-state index in [0.29, 0.717) is 41.1 Å². The van der Waals surface area contributed by atoms with E-state index in [9.17, 15) is 14.4 Å². The Morgan fingerprint density at radius 2 is 1.79 bits per heavy atom. The number of carbonyl (C=O) groups is 2. The summed E-state index contributed by atoms with van der Waals surface area (Å²) < 4.78 is 7.38. The van der Waals surface area contributed by atoms with Crippen LogP contribution in [0.4, 0.5) is 5.69 Å². The van der Waals surface area contributed by atoms with E-state index >= 15 is 0 Å². The number of benzene rings is 2. The fourth-order valence-electron chi connectivity index (χ4n) is 4.82. The molecule has 0 unspecified atom stereocenters. The first-order valence-corrected chi connectivity index (χ1v) is 11.1. The molecule has 0 radical (unpaired) electrons. The van der Waals surface area contributed by atoms with Gasteiger partial charge in [0.25, 0.3) is 11.5 Å². The maximum atomic E-state index is 13.0. The third-order valence-electron chi connectivity index (χ3n) is 6.62. The summed E-state index contributed by atoms with van der Waals surface area (Å²) in [6.07, 6.45) is 1.44. The summed E-state index contributed by atoms with van der Waals surface area (Å²) in [5.74, 6) is -0.592. The number of nitrogens with two attached hydrogens (primary N) is 2. The number of oxazole rings is 1. The van der Waals surface area contributed by atoms with Gasteiger partial charge in [0.1, 0.15) is 11.1 Å². The SMILES string of the molecule is Cc1ccc2oc(C3CCN(c4c(C(N)=O)c(=O)n(C)c5ccc(C(N)=O)cc45)CC3)nc2c1. The first-order chi connectivity index (χ1) is 16.2. The molecule has 5 rings (SSSR count). The molecule has 9 heteroatoms. The summed E-state index contributed by atoms with van der Waals surface area (Å²) in [7, 11) is 1.58. The molecule has 1 saturated heterocycles. The number of carbonyl (C=O) groups excluding carboxylic acids is 2. The van der Waals surface area contributed by atoms with Crippen molar-refractivity contribution in [1.82, 2.24) is 9.55 Å². The molecule has 1 fully saturated rings. The zero-order chi connectivity index (χ0) is 24.1. The highest BCUT2D eigenvalue weighted by molar-refractivity contribution is 6.08. The molecule has 0 bridgehead atoms. The fourth-order valence-corrected chi connectivity index (χ4v) is 4.82. The Labute approximate surface area is 194 Å². The summed E-state index contributed by atoms with van der Waals surface area (Å²) >= 11 is 0. The van der Waals surface area contributed by atoms with Crippen LogP contribution in [0.25, 0.3) is 22.0 Å². The van der Waals surface area contributed by atoms with Crippen LogP contribution in [0.2, 0.25) is 0 Å². The van der Waals surface area contributed by atoms with Crippen molar-refractivity contribution in [3.63, 3.8) is 0 Å². The number of nitrogens with zero attached hydrogens (tertiary/aromatic N) is 3. The van der Waals surface area contributed by atoms with Gasteiger partial charge in [-0.3, -0.25) is 14.4 Å². The first kappa shape index (κ1) is 21.7. The Balaban J connectivity index is 1.55. The molecule has 4 N–H and O–H groups in total. The minimum atomic E-state index is -0.807. The maximum Gasteiger partial charge on any atom is 0.265 e. The van der Waals surface area contributed by atoms with Crippen LogP contribution in [0, 0.1) is 6.92 Å². The molecule has 0 spiro atoms. The second-order valence-corrected chi connectivity index (χ2v) is 8.83. The van der Waals surface area contributed by atoms with Crippen molar-refractivity contribution in [2.24, 2.45) is 18.5 Å². The van der Waals surface area contributed by atoms with Crippen LogP contribution in [0.3, 0.4) is 0 Å². The lowest BCUT2D eigenvalue weighted by molar-refractivity contribution is 0.0991. The molecule has 4 aromatic rings. The van der Waals surface area contributed by atoms with E-state index in [-0.39, 0.29) is 11.5 Å². The summed E-state index contributed by atoms with van der Waals surface area (Å²) in [6, 6.07) is 10.8. The molecule has 0 atom stereocenters. The van der Waals surface area contributed by atoms with Crippen molar-refractivity contribution in [3.05, 3.63) is 69.3 Å². The Hall–Kier alpha value is -4.14. The van der Waals surface area contributed by atoms with E-state index in [0.717, 1.165) is 29.5 Å². The highest BCUT2D eigenvalue weighted by Gasteiger charge is 2.30. The molecule has 1 aliphatic rings.